The van der Waals surface area contributed by atoms with Gasteiger partial charge in [0.15, 0.2) is 11.7 Å². The number of unbranched alkanes of at least 4 members (excludes halogenated alkanes) is 1. The number of rotatable bonds is 8. The monoisotopic (exact) mass is 527 g/mol. The molecule has 166 valence electrons. The number of carbonyl (C=O) groups is 2. The third-order valence-corrected chi connectivity index (χ3v) is 4.91. The summed E-state index contributed by atoms with van der Waals surface area (Å²) in [6.07, 6.45) is 1.85. The number of hydrogen-bond acceptors (Lipinski definition) is 5. The highest BCUT2D eigenvalue weighted by Gasteiger charge is 2.15. The van der Waals surface area contributed by atoms with Gasteiger partial charge in [-0.25, -0.2) is 0 Å². The number of amides is 2. The number of thiocarbonyl (C=S) groups is 1. The number of hydrogen-bond donors (Lipinski definition) is 3. The van der Waals surface area contributed by atoms with E-state index in [0.717, 1.165) is 22.9 Å². The van der Waals surface area contributed by atoms with Crippen molar-refractivity contribution >= 4 is 56.7 Å². The minimum atomic E-state index is -0.475. The predicted molar refractivity (Wildman–Crippen MR) is 128 cm³/mol. The van der Waals surface area contributed by atoms with Crippen LogP contribution in [0, 0.1) is 6.92 Å². The Morgan fingerprint density at radius 2 is 1.84 bits per heavy atom. The van der Waals surface area contributed by atoms with Crippen molar-refractivity contribution in [2.75, 3.05) is 13.2 Å². The molecule has 0 unspecified atom stereocenters. The van der Waals surface area contributed by atoms with Crippen molar-refractivity contribution in [2.45, 2.75) is 26.7 Å². The Kier molecular flexibility index (Phi) is 10.0. The van der Waals surface area contributed by atoms with Crippen molar-refractivity contribution in [3.8, 4) is 11.5 Å². The molecule has 31 heavy (non-hydrogen) atoms. The Morgan fingerprint density at radius 3 is 2.55 bits per heavy atom. The number of nitrogens with one attached hydrogen (secondary N) is 3. The second kappa shape index (κ2) is 12.5. The van der Waals surface area contributed by atoms with E-state index in [2.05, 4.69) is 39.0 Å². The van der Waals surface area contributed by atoms with Crippen LogP contribution in [0.15, 0.2) is 40.9 Å². The highest BCUT2D eigenvalue weighted by molar-refractivity contribution is 9.10. The zero-order valence-corrected chi connectivity index (χ0v) is 20.2. The number of carbonyl (C=O) groups excluding carboxylic acids is 2. The van der Waals surface area contributed by atoms with Gasteiger partial charge >= 0.3 is 0 Å². The molecule has 0 aliphatic heterocycles. The summed E-state index contributed by atoms with van der Waals surface area (Å²) < 4.78 is 11.9. The van der Waals surface area contributed by atoms with E-state index < -0.39 is 11.8 Å². The maximum Gasteiger partial charge on any atom is 0.276 e. The summed E-state index contributed by atoms with van der Waals surface area (Å²) in [4.78, 5) is 24.6. The summed E-state index contributed by atoms with van der Waals surface area (Å²) in [5, 5.41) is 3.02. The van der Waals surface area contributed by atoms with Gasteiger partial charge in [0.25, 0.3) is 11.8 Å². The fourth-order valence-electron chi connectivity index (χ4n) is 2.41. The molecule has 7 nitrogen and oxygen atoms in total. The molecular formula is C21H23BrClN3O4S. The first-order valence-corrected chi connectivity index (χ1v) is 11.1. The average molecular weight is 529 g/mol. The maximum absolute atomic E-state index is 12.6. The Balaban J connectivity index is 1.84. The van der Waals surface area contributed by atoms with Crippen LogP contribution in [-0.4, -0.2) is 30.1 Å². The zero-order valence-electron chi connectivity index (χ0n) is 17.1. The molecule has 0 aliphatic carbocycles. The van der Waals surface area contributed by atoms with E-state index in [9.17, 15) is 9.59 Å². The van der Waals surface area contributed by atoms with Crippen LogP contribution in [0.3, 0.4) is 0 Å². The Labute approximate surface area is 199 Å². The average Bonchev–Trinajstić information content (AvgIpc) is 2.72. The molecule has 0 atom stereocenters. The molecule has 0 aromatic heterocycles. The third-order valence-electron chi connectivity index (χ3n) is 3.98. The number of benzene rings is 2. The Morgan fingerprint density at radius 1 is 1.10 bits per heavy atom. The highest BCUT2D eigenvalue weighted by atomic mass is 79.9. The van der Waals surface area contributed by atoms with Crippen LogP contribution < -0.4 is 25.6 Å². The van der Waals surface area contributed by atoms with Gasteiger partial charge in [-0.2, -0.15) is 0 Å². The predicted octanol–water partition coefficient (Wildman–Crippen LogP) is 4.30. The normalized spacial score (nSPS) is 10.2. The lowest BCUT2D eigenvalue weighted by atomic mass is 10.2. The molecule has 2 rings (SSSR count). The SMILES string of the molecule is CCCCOc1ccc(Br)cc1C(=O)NC(=S)NNC(=O)COc1ccc(Cl)cc1C. The standard InChI is InChI=1S/C21H23BrClN3O4S/c1-3-4-9-29-18-7-5-14(22)11-16(18)20(28)24-21(31)26-25-19(27)12-30-17-8-6-15(23)10-13(17)2/h5-8,10-11H,3-4,9,12H2,1-2H3,(H,25,27)(H2,24,26,28,31). The Bertz CT molecular complexity index is 958. The molecule has 0 saturated heterocycles. The second-order valence-electron chi connectivity index (χ2n) is 6.50. The molecule has 0 fully saturated rings. The van der Waals surface area contributed by atoms with Crippen LogP contribution in [0.5, 0.6) is 11.5 Å². The molecule has 0 aliphatic rings. The first-order chi connectivity index (χ1) is 14.8. The summed E-state index contributed by atoms with van der Waals surface area (Å²) in [7, 11) is 0. The van der Waals surface area contributed by atoms with Crippen LogP contribution >= 0.6 is 39.7 Å². The smallest absolute Gasteiger partial charge is 0.276 e. The van der Waals surface area contributed by atoms with Gasteiger partial charge in [0.2, 0.25) is 0 Å². The van der Waals surface area contributed by atoms with Crippen molar-refractivity contribution in [3.05, 3.63) is 57.0 Å². The zero-order chi connectivity index (χ0) is 22.8. The lowest BCUT2D eigenvalue weighted by Crippen LogP contribution is -2.49. The fourth-order valence-corrected chi connectivity index (χ4v) is 3.15. The van der Waals surface area contributed by atoms with Crippen molar-refractivity contribution in [1.82, 2.24) is 16.2 Å². The first-order valence-electron chi connectivity index (χ1n) is 9.51. The van der Waals surface area contributed by atoms with E-state index in [4.69, 9.17) is 33.3 Å². The number of aryl methyl sites for hydroxylation is 1. The summed E-state index contributed by atoms with van der Waals surface area (Å²) in [5.41, 5.74) is 5.98. The van der Waals surface area contributed by atoms with Gasteiger partial charge in [-0.1, -0.05) is 40.9 Å². The molecule has 2 aromatic carbocycles. The first kappa shape index (κ1) is 24.9. The number of hydrazine groups is 1. The van der Waals surface area contributed by atoms with Gasteiger partial charge in [0, 0.05) is 9.50 Å². The second-order valence-corrected chi connectivity index (χ2v) is 8.26. The highest BCUT2D eigenvalue weighted by Crippen LogP contribution is 2.24. The van der Waals surface area contributed by atoms with Gasteiger partial charge < -0.3 is 9.47 Å². The largest absolute Gasteiger partial charge is 0.493 e. The van der Waals surface area contributed by atoms with E-state index in [1.54, 1.807) is 36.4 Å². The van der Waals surface area contributed by atoms with E-state index in [1.165, 1.54) is 0 Å². The molecular weight excluding hydrogens is 506 g/mol. The van der Waals surface area contributed by atoms with Crippen molar-refractivity contribution in [3.63, 3.8) is 0 Å². The molecule has 10 heteroatoms. The van der Waals surface area contributed by atoms with Gasteiger partial charge in [0.1, 0.15) is 11.5 Å². The van der Waals surface area contributed by atoms with Gasteiger partial charge in [0.05, 0.1) is 12.2 Å². The molecule has 0 heterocycles. The molecule has 0 spiro atoms. The van der Waals surface area contributed by atoms with E-state index in [-0.39, 0.29) is 11.7 Å². The maximum atomic E-state index is 12.6. The lowest BCUT2D eigenvalue weighted by molar-refractivity contribution is -0.123. The Hall–Kier alpha value is -2.36. The van der Waals surface area contributed by atoms with Gasteiger partial charge in [-0.05, 0) is 67.5 Å². The van der Waals surface area contributed by atoms with Gasteiger partial charge in [-0.15, -0.1) is 0 Å². The number of ether oxygens (including phenoxy) is 2. The molecule has 2 aromatic rings. The van der Waals surface area contributed by atoms with Crippen LogP contribution in [0.2, 0.25) is 5.02 Å². The van der Waals surface area contributed by atoms with Crippen LogP contribution in [0.1, 0.15) is 35.7 Å². The minimum absolute atomic E-state index is 0.0690. The summed E-state index contributed by atoms with van der Waals surface area (Å²) >= 11 is 14.3. The molecule has 2 amide bonds. The third kappa shape index (κ3) is 8.35. The number of halogens is 2. The van der Waals surface area contributed by atoms with Crippen LogP contribution in [0.25, 0.3) is 0 Å². The van der Waals surface area contributed by atoms with Crippen molar-refractivity contribution in [2.24, 2.45) is 0 Å². The molecule has 3 N–H and O–H groups in total. The molecule has 0 saturated carbocycles. The minimum Gasteiger partial charge on any atom is -0.493 e. The van der Waals surface area contributed by atoms with Gasteiger partial charge in [-0.3, -0.25) is 25.8 Å². The summed E-state index contributed by atoms with van der Waals surface area (Å²) in [5.74, 6) is 0.0537. The topological polar surface area (TPSA) is 88.7 Å². The van der Waals surface area contributed by atoms with E-state index in [0.29, 0.717) is 28.7 Å². The van der Waals surface area contributed by atoms with Crippen LogP contribution in [0.4, 0.5) is 0 Å². The summed E-state index contributed by atoms with van der Waals surface area (Å²) in [6, 6.07) is 10.2. The molecule has 0 bridgehead atoms. The fraction of sp³-hybridized carbons (Fsp3) is 0.286. The van der Waals surface area contributed by atoms with E-state index in [1.807, 2.05) is 6.92 Å². The van der Waals surface area contributed by atoms with Crippen molar-refractivity contribution < 1.29 is 19.1 Å². The van der Waals surface area contributed by atoms with Crippen LogP contribution in [-0.2, 0) is 4.79 Å². The summed E-state index contributed by atoms with van der Waals surface area (Å²) in [6.45, 7) is 4.14. The molecule has 0 radical (unpaired) electrons. The quantitative estimate of drug-likeness (QED) is 0.269. The van der Waals surface area contributed by atoms with E-state index >= 15 is 0 Å². The lowest BCUT2D eigenvalue weighted by Gasteiger charge is -2.14. The van der Waals surface area contributed by atoms with Crippen molar-refractivity contribution in [1.29, 1.82) is 0 Å².